The van der Waals surface area contributed by atoms with Crippen LogP contribution in [0.1, 0.15) is 30.4 Å². The number of hydrogen-bond acceptors (Lipinski definition) is 3. The lowest BCUT2D eigenvalue weighted by Crippen LogP contribution is -2.36. The summed E-state index contributed by atoms with van der Waals surface area (Å²) in [5.41, 5.74) is 3.49. The Kier molecular flexibility index (Phi) is 4.76. The molecule has 1 saturated heterocycles. The van der Waals surface area contributed by atoms with Gasteiger partial charge in [0.1, 0.15) is 11.5 Å². The van der Waals surface area contributed by atoms with Gasteiger partial charge in [0.25, 0.3) is 0 Å². The highest BCUT2D eigenvalue weighted by molar-refractivity contribution is 5.87. The van der Waals surface area contributed by atoms with E-state index in [0.29, 0.717) is 0 Å². The molecule has 26 heavy (non-hydrogen) atoms. The minimum Gasteiger partial charge on any atom is -0.481 e. The number of ether oxygens (including phenoxy) is 1. The molecule has 0 aliphatic carbocycles. The number of rotatable bonds is 4. The molecular formula is C22H23NO3. The largest absolute Gasteiger partial charge is 0.481 e. The van der Waals surface area contributed by atoms with Crippen LogP contribution in [0.3, 0.4) is 0 Å². The third-order valence-corrected chi connectivity index (χ3v) is 5.30. The standard InChI is InChI=1S/C22H23NO3/c24-22(25)16-11-14-23(15-12-16)13-5-8-17-18-6-1-3-9-20(18)26-21-10-4-2-7-19(17)21/h1-4,6-10,16H,5,11-15H2,(H,24,25). The minimum atomic E-state index is -0.651. The summed E-state index contributed by atoms with van der Waals surface area (Å²) in [5.74, 6) is 0.987. The Morgan fingerprint density at radius 3 is 2.19 bits per heavy atom. The second-order valence-electron chi connectivity index (χ2n) is 6.96. The van der Waals surface area contributed by atoms with Crippen molar-refractivity contribution in [2.24, 2.45) is 5.92 Å². The van der Waals surface area contributed by atoms with Crippen LogP contribution < -0.4 is 4.74 Å². The van der Waals surface area contributed by atoms with Gasteiger partial charge in [-0.2, -0.15) is 0 Å². The molecule has 0 saturated carbocycles. The third-order valence-electron chi connectivity index (χ3n) is 5.30. The lowest BCUT2D eigenvalue weighted by atomic mass is 9.93. The van der Waals surface area contributed by atoms with Crippen LogP contribution in [-0.4, -0.2) is 35.6 Å². The number of benzene rings is 2. The van der Waals surface area contributed by atoms with Crippen LogP contribution in [0.15, 0.2) is 54.6 Å². The number of likely N-dealkylation sites (tertiary alicyclic amines) is 1. The fourth-order valence-corrected chi connectivity index (χ4v) is 3.83. The van der Waals surface area contributed by atoms with Crippen LogP contribution in [0, 0.1) is 5.92 Å². The van der Waals surface area contributed by atoms with Crippen molar-refractivity contribution in [1.29, 1.82) is 0 Å². The van der Waals surface area contributed by atoms with E-state index in [2.05, 4.69) is 23.1 Å². The first kappa shape index (κ1) is 16.9. The van der Waals surface area contributed by atoms with Gasteiger partial charge in [0.05, 0.1) is 5.92 Å². The molecular weight excluding hydrogens is 326 g/mol. The summed E-state index contributed by atoms with van der Waals surface area (Å²) in [5, 5.41) is 9.12. The van der Waals surface area contributed by atoms with Crippen molar-refractivity contribution in [1.82, 2.24) is 4.90 Å². The summed E-state index contributed by atoms with van der Waals surface area (Å²) < 4.78 is 6.03. The molecule has 0 spiro atoms. The van der Waals surface area contributed by atoms with Crippen LogP contribution in [0.5, 0.6) is 11.5 Å². The van der Waals surface area contributed by atoms with E-state index >= 15 is 0 Å². The van der Waals surface area contributed by atoms with E-state index < -0.39 is 5.97 Å². The van der Waals surface area contributed by atoms with E-state index in [9.17, 15) is 4.79 Å². The molecule has 0 atom stereocenters. The molecule has 134 valence electrons. The number of piperidine rings is 1. The first-order chi connectivity index (χ1) is 12.7. The predicted octanol–water partition coefficient (Wildman–Crippen LogP) is 4.41. The summed E-state index contributed by atoms with van der Waals surface area (Å²) in [6.45, 7) is 2.70. The van der Waals surface area contributed by atoms with Crippen LogP contribution in [0.4, 0.5) is 0 Å². The van der Waals surface area contributed by atoms with Crippen molar-refractivity contribution in [3.05, 3.63) is 65.7 Å². The Morgan fingerprint density at radius 1 is 1.04 bits per heavy atom. The molecule has 2 aliphatic heterocycles. The fourth-order valence-electron chi connectivity index (χ4n) is 3.83. The second-order valence-corrected chi connectivity index (χ2v) is 6.96. The lowest BCUT2D eigenvalue weighted by molar-refractivity contribution is -0.143. The zero-order valence-electron chi connectivity index (χ0n) is 14.7. The quantitative estimate of drug-likeness (QED) is 0.758. The normalized spacial score (nSPS) is 17.2. The highest BCUT2D eigenvalue weighted by atomic mass is 16.5. The van der Waals surface area contributed by atoms with Crippen molar-refractivity contribution in [3.8, 4) is 11.5 Å². The van der Waals surface area contributed by atoms with Crippen LogP contribution >= 0.6 is 0 Å². The van der Waals surface area contributed by atoms with Gasteiger partial charge in [-0.1, -0.05) is 42.5 Å². The first-order valence-corrected chi connectivity index (χ1v) is 9.24. The van der Waals surface area contributed by atoms with Crippen molar-refractivity contribution >= 4 is 11.5 Å². The van der Waals surface area contributed by atoms with Crippen molar-refractivity contribution in [3.63, 3.8) is 0 Å². The monoisotopic (exact) mass is 349 g/mol. The maximum Gasteiger partial charge on any atom is 0.306 e. The van der Waals surface area contributed by atoms with Crippen LogP contribution in [0.25, 0.3) is 5.57 Å². The van der Waals surface area contributed by atoms with Gasteiger partial charge < -0.3 is 14.7 Å². The Hall–Kier alpha value is -2.59. The summed E-state index contributed by atoms with van der Waals surface area (Å²) in [6.07, 6.45) is 4.75. The van der Waals surface area contributed by atoms with Gasteiger partial charge in [-0.05, 0) is 50.1 Å². The van der Waals surface area contributed by atoms with Crippen LogP contribution in [-0.2, 0) is 4.79 Å². The molecule has 2 heterocycles. The summed E-state index contributed by atoms with van der Waals surface area (Å²) >= 11 is 0. The maximum atomic E-state index is 11.1. The van der Waals surface area contributed by atoms with Gasteiger partial charge in [-0.25, -0.2) is 0 Å². The summed E-state index contributed by atoms with van der Waals surface area (Å²) in [7, 11) is 0. The molecule has 4 rings (SSSR count). The van der Waals surface area contributed by atoms with Gasteiger partial charge in [-0.3, -0.25) is 4.79 Å². The number of carboxylic acids is 1. The average molecular weight is 349 g/mol. The zero-order chi connectivity index (χ0) is 17.9. The number of aliphatic carboxylic acids is 1. The van der Waals surface area contributed by atoms with E-state index in [1.165, 1.54) is 5.57 Å². The molecule has 0 amide bonds. The summed E-state index contributed by atoms with van der Waals surface area (Å²) in [6, 6.07) is 16.3. The first-order valence-electron chi connectivity index (χ1n) is 9.24. The zero-order valence-corrected chi connectivity index (χ0v) is 14.7. The lowest BCUT2D eigenvalue weighted by Gasteiger charge is -2.29. The number of hydrogen-bond donors (Lipinski definition) is 1. The maximum absolute atomic E-state index is 11.1. The molecule has 0 aromatic heterocycles. The molecule has 0 radical (unpaired) electrons. The van der Waals surface area contributed by atoms with Crippen molar-refractivity contribution < 1.29 is 14.6 Å². The molecule has 1 N–H and O–H groups in total. The van der Waals surface area contributed by atoms with E-state index in [4.69, 9.17) is 9.84 Å². The SMILES string of the molecule is O=C(O)C1CCN(CCC=C2c3ccccc3Oc3ccccc32)CC1. The van der Waals surface area contributed by atoms with E-state index in [-0.39, 0.29) is 5.92 Å². The number of fused-ring (bicyclic) bond motifs is 2. The number of carboxylic acid groups (broad SMARTS) is 1. The molecule has 2 aliphatic rings. The van der Waals surface area contributed by atoms with Crippen LogP contribution in [0.2, 0.25) is 0 Å². The second kappa shape index (κ2) is 7.34. The Labute approximate surface area is 153 Å². The van der Waals surface area contributed by atoms with Gasteiger partial charge in [0.15, 0.2) is 0 Å². The van der Waals surface area contributed by atoms with E-state index in [0.717, 1.165) is 61.5 Å². The predicted molar refractivity (Wildman–Crippen MR) is 101 cm³/mol. The van der Waals surface area contributed by atoms with Gasteiger partial charge >= 0.3 is 5.97 Å². The van der Waals surface area contributed by atoms with E-state index in [1.54, 1.807) is 0 Å². The van der Waals surface area contributed by atoms with Gasteiger partial charge in [-0.15, -0.1) is 0 Å². The fraction of sp³-hybridized carbons (Fsp3) is 0.318. The highest BCUT2D eigenvalue weighted by Gasteiger charge is 2.24. The third kappa shape index (κ3) is 3.37. The number of nitrogens with zero attached hydrogens (tertiary/aromatic N) is 1. The molecule has 1 fully saturated rings. The van der Waals surface area contributed by atoms with Gasteiger partial charge in [0, 0.05) is 17.7 Å². The molecule has 0 bridgehead atoms. The molecule has 4 heteroatoms. The Balaban J connectivity index is 1.48. The number of carbonyl (C=O) groups is 1. The Morgan fingerprint density at radius 2 is 1.62 bits per heavy atom. The summed E-state index contributed by atoms with van der Waals surface area (Å²) in [4.78, 5) is 13.4. The van der Waals surface area contributed by atoms with Crippen molar-refractivity contribution in [2.45, 2.75) is 19.3 Å². The molecule has 4 nitrogen and oxygen atoms in total. The van der Waals surface area contributed by atoms with Gasteiger partial charge in [0.2, 0.25) is 0 Å². The molecule has 0 unspecified atom stereocenters. The average Bonchev–Trinajstić information content (AvgIpc) is 2.68. The van der Waals surface area contributed by atoms with Crippen molar-refractivity contribution in [2.75, 3.05) is 19.6 Å². The topological polar surface area (TPSA) is 49.8 Å². The molecule has 2 aromatic carbocycles. The number of para-hydroxylation sites is 2. The molecule has 2 aromatic rings. The smallest absolute Gasteiger partial charge is 0.306 e. The highest BCUT2D eigenvalue weighted by Crippen LogP contribution is 2.43. The minimum absolute atomic E-state index is 0.168. The van der Waals surface area contributed by atoms with E-state index in [1.807, 2.05) is 36.4 Å². The Bertz CT molecular complexity index is 787.